The van der Waals surface area contributed by atoms with Gasteiger partial charge in [-0.05, 0) is 48.0 Å². The predicted molar refractivity (Wildman–Crippen MR) is 108 cm³/mol. The Morgan fingerprint density at radius 3 is 2.71 bits per heavy atom. The molecule has 0 unspecified atom stereocenters. The van der Waals surface area contributed by atoms with Crippen molar-refractivity contribution in [1.29, 1.82) is 0 Å². The molecule has 0 aliphatic rings. The van der Waals surface area contributed by atoms with Crippen LogP contribution in [0.4, 0.5) is 5.69 Å². The number of para-hydroxylation sites is 1. The lowest BCUT2D eigenvalue weighted by molar-refractivity contribution is -0.119. The van der Waals surface area contributed by atoms with Crippen molar-refractivity contribution >= 4 is 34.1 Å². The van der Waals surface area contributed by atoms with E-state index < -0.39 is 6.04 Å². The molecule has 1 atom stereocenters. The minimum absolute atomic E-state index is 0.222. The highest BCUT2D eigenvalue weighted by Crippen LogP contribution is 2.23. The Hall–Kier alpha value is -3.32. The number of fused-ring (bicyclic) bond motifs is 1. The first-order valence-corrected chi connectivity index (χ1v) is 9.23. The van der Waals surface area contributed by atoms with Crippen molar-refractivity contribution in [3.8, 4) is 11.4 Å². The van der Waals surface area contributed by atoms with Crippen molar-refractivity contribution in [3.05, 3.63) is 65.8 Å². The summed E-state index contributed by atoms with van der Waals surface area (Å²) in [6.07, 6.45) is 2.22. The van der Waals surface area contributed by atoms with Crippen molar-refractivity contribution in [2.75, 3.05) is 5.32 Å². The van der Waals surface area contributed by atoms with Gasteiger partial charge in [0.05, 0.1) is 11.2 Å². The molecule has 28 heavy (non-hydrogen) atoms. The number of carbonyl (C=O) groups is 1. The van der Waals surface area contributed by atoms with Crippen molar-refractivity contribution in [2.45, 2.75) is 19.4 Å². The number of nitrogens with one attached hydrogen (secondary N) is 1. The maximum Gasteiger partial charge on any atom is 0.251 e. The van der Waals surface area contributed by atoms with Gasteiger partial charge in [0.2, 0.25) is 5.82 Å². The van der Waals surface area contributed by atoms with Crippen molar-refractivity contribution in [3.63, 3.8) is 0 Å². The van der Waals surface area contributed by atoms with E-state index in [4.69, 9.17) is 11.6 Å². The molecule has 0 saturated heterocycles. The number of anilines is 1. The Morgan fingerprint density at radius 1 is 1.14 bits per heavy atom. The van der Waals surface area contributed by atoms with E-state index in [1.165, 1.54) is 4.80 Å². The van der Waals surface area contributed by atoms with Crippen molar-refractivity contribution < 1.29 is 4.79 Å². The lowest BCUT2D eigenvalue weighted by Crippen LogP contribution is -2.27. The molecule has 0 radical (unpaired) electrons. The van der Waals surface area contributed by atoms with Gasteiger partial charge in [0.15, 0.2) is 6.04 Å². The topological polar surface area (TPSA) is 85.6 Å². The summed E-state index contributed by atoms with van der Waals surface area (Å²) in [6, 6.07) is 16.0. The molecular weight excluding hydrogens is 376 g/mol. The molecule has 0 aliphatic heterocycles. The van der Waals surface area contributed by atoms with Gasteiger partial charge in [0.1, 0.15) is 0 Å². The van der Waals surface area contributed by atoms with E-state index in [1.54, 1.807) is 18.3 Å². The third kappa shape index (κ3) is 3.57. The Balaban J connectivity index is 1.58. The van der Waals surface area contributed by atoms with Crippen LogP contribution >= 0.6 is 11.6 Å². The molecule has 7 nitrogen and oxygen atoms in total. The zero-order valence-corrected chi connectivity index (χ0v) is 15.8. The quantitative estimate of drug-likeness (QED) is 0.551. The summed E-state index contributed by atoms with van der Waals surface area (Å²) in [4.78, 5) is 18.6. The number of pyridine rings is 1. The van der Waals surface area contributed by atoms with E-state index in [0.717, 1.165) is 16.5 Å². The van der Waals surface area contributed by atoms with Crippen LogP contribution in [0.5, 0.6) is 0 Å². The fraction of sp³-hybridized carbons (Fsp3) is 0.150. The number of aromatic nitrogens is 5. The molecule has 0 fully saturated rings. The zero-order valence-electron chi connectivity index (χ0n) is 15.1. The molecule has 0 aliphatic carbocycles. The molecule has 1 N–H and O–H groups in total. The molecule has 2 heterocycles. The summed E-state index contributed by atoms with van der Waals surface area (Å²) in [6.45, 7) is 1.90. The summed E-state index contributed by atoms with van der Waals surface area (Å²) in [7, 11) is 0. The Bertz CT molecular complexity index is 1120. The van der Waals surface area contributed by atoms with E-state index in [2.05, 4.69) is 25.7 Å². The second-order valence-electron chi connectivity index (χ2n) is 6.23. The molecule has 2 aromatic heterocycles. The zero-order chi connectivity index (χ0) is 19.5. The number of hydrogen-bond acceptors (Lipinski definition) is 5. The number of rotatable bonds is 5. The van der Waals surface area contributed by atoms with Crippen LogP contribution in [0.25, 0.3) is 22.3 Å². The maximum atomic E-state index is 12.9. The van der Waals surface area contributed by atoms with Gasteiger partial charge >= 0.3 is 0 Å². The average molecular weight is 393 g/mol. The first-order valence-electron chi connectivity index (χ1n) is 8.86. The lowest BCUT2D eigenvalue weighted by atomic mass is 10.1. The highest BCUT2D eigenvalue weighted by Gasteiger charge is 2.23. The molecule has 4 aromatic rings. The molecule has 0 spiro atoms. The van der Waals surface area contributed by atoms with E-state index >= 15 is 0 Å². The maximum absolute atomic E-state index is 12.9. The number of carbonyl (C=O) groups excluding carboxylic acids is 1. The molecule has 0 saturated carbocycles. The summed E-state index contributed by atoms with van der Waals surface area (Å²) in [5.74, 6) is 0.218. The molecular formula is C20H17ClN6O. The van der Waals surface area contributed by atoms with E-state index in [-0.39, 0.29) is 5.91 Å². The summed E-state index contributed by atoms with van der Waals surface area (Å²) in [5.41, 5.74) is 2.17. The van der Waals surface area contributed by atoms with Crippen LogP contribution in [0.2, 0.25) is 5.02 Å². The van der Waals surface area contributed by atoms with E-state index in [9.17, 15) is 4.79 Å². The smallest absolute Gasteiger partial charge is 0.251 e. The van der Waals surface area contributed by atoms with E-state index in [1.807, 2.05) is 49.4 Å². The van der Waals surface area contributed by atoms with Gasteiger partial charge in [-0.1, -0.05) is 36.7 Å². The minimum Gasteiger partial charge on any atom is -0.322 e. The molecule has 4 rings (SSSR count). The van der Waals surface area contributed by atoms with Crippen LogP contribution in [0.1, 0.15) is 19.4 Å². The Labute approximate surface area is 166 Å². The minimum atomic E-state index is -0.590. The number of halogens is 1. The highest BCUT2D eigenvalue weighted by molar-refractivity contribution is 6.30. The van der Waals surface area contributed by atoms with Gasteiger partial charge in [-0.25, -0.2) is 0 Å². The monoisotopic (exact) mass is 392 g/mol. The highest BCUT2D eigenvalue weighted by atomic mass is 35.5. The van der Waals surface area contributed by atoms with Crippen LogP contribution in [0.15, 0.2) is 60.8 Å². The fourth-order valence-electron chi connectivity index (χ4n) is 2.95. The van der Waals surface area contributed by atoms with Gasteiger partial charge in [-0.15, -0.1) is 10.2 Å². The van der Waals surface area contributed by atoms with Crippen LogP contribution in [-0.2, 0) is 4.79 Å². The number of amides is 1. The Kier molecular flexibility index (Phi) is 4.99. The molecule has 2 aromatic carbocycles. The number of hydrogen-bond donors (Lipinski definition) is 1. The van der Waals surface area contributed by atoms with Gasteiger partial charge in [0, 0.05) is 22.2 Å². The van der Waals surface area contributed by atoms with Gasteiger partial charge in [-0.3, -0.25) is 9.78 Å². The number of benzene rings is 2. The first-order chi connectivity index (χ1) is 13.7. The van der Waals surface area contributed by atoms with Crippen LogP contribution in [0, 0.1) is 0 Å². The van der Waals surface area contributed by atoms with Gasteiger partial charge in [-0.2, -0.15) is 4.80 Å². The first kappa shape index (κ1) is 18.1. The van der Waals surface area contributed by atoms with Crippen LogP contribution in [-0.4, -0.2) is 31.1 Å². The fourth-order valence-corrected chi connectivity index (χ4v) is 3.07. The number of tetrazole rings is 1. The third-order valence-electron chi connectivity index (χ3n) is 4.39. The third-order valence-corrected chi connectivity index (χ3v) is 4.64. The predicted octanol–water partition coefficient (Wildman–Crippen LogP) is 4.13. The molecule has 140 valence electrons. The SMILES string of the molecule is CC[C@H](C(=O)Nc1cccc2cccnc12)n1nnc(-c2ccc(Cl)cc2)n1. The normalized spacial score (nSPS) is 12.1. The lowest BCUT2D eigenvalue weighted by Gasteiger charge is -2.14. The van der Waals surface area contributed by atoms with Gasteiger partial charge in [0.25, 0.3) is 5.91 Å². The number of nitrogens with zero attached hydrogens (tertiary/aromatic N) is 5. The second-order valence-corrected chi connectivity index (χ2v) is 6.67. The summed E-state index contributed by atoms with van der Waals surface area (Å²) >= 11 is 5.92. The molecule has 1 amide bonds. The van der Waals surface area contributed by atoms with Crippen molar-refractivity contribution in [2.24, 2.45) is 0 Å². The van der Waals surface area contributed by atoms with Crippen molar-refractivity contribution in [1.82, 2.24) is 25.2 Å². The Morgan fingerprint density at radius 2 is 1.93 bits per heavy atom. The second kappa shape index (κ2) is 7.74. The largest absolute Gasteiger partial charge is 0.322 e. The van der Waals surface area contributed by atoms with Crippen LogP contribution in [0.3, 0.4) is 0 Å². The van der Waals surface area contributed by atoms with Crippen LogP contribution < -0.4 is 5.32 Å². The molecule has 8 heteroatoms. The molecule has 0 bridgehead atoms. The standard InChI is InChI=1S/C20H17ClN6O/c1-2-17(27-25-19(24-26-27)14-8-10-15(21)11-9-14)20(28)23-16-7-3-5-13-6-4-12-22-18(13)16/h3-12,17H,2H2,1H3,(H,23,28)/t17-/m1/s1. The van der Waals surface area contributed by atoms with E-state index in [0.29, 0.717) is 23.0 Å². The van der Waals surface area contributed by atoms with Gasteiger partial charge < -0.3 is 5.32 Å². The average Bonchev–Trinajstić information content (AvgIpc) is 3.19. The summed E-state index contributed by atoms with van der Waals surface area (Å²) in [5, 5.41) is 17.1. The summed E-state index contributed by atoms with van der Waals surface area (Å²) < 4.78 is 0.